The predicted octanol–water partition coefficient (Wildman–Crippen LogP) is 2.27. The standard InChI is InChI=1S/C14H13N3O4/c18-13(8-6-11-4-2-1-3-5-11)16-15-10-12-7-9-14(21-12)17(19)20/h1-5,7,9-10H,6,8H2,(H,16,18). The number of hydrogen-bond acceptors (Lipinski definition) is 5. The number of aryl methyl sites for hydroxylation is 1. The maximum absolute atomic E-state index is 11.6. The molecule has 0 spiro atoms. The number of nitro groups is 1. The fourth-order valence-corrected chi connectivity index (χ4v) is 1.64. The summed E-state index contributed by atoms with van der Waals surface area (Å²) in [6.07, 6.45) is 2.14. The molecular formula is C14H13N3O4. The van der Waals surface area contributed by atoms with Crippen LogP contribution in [0.4, 0.5) is 5.88 Å². The number of hydrogen-bond donors (Lipinski definition) is 1. The molecular weight excluding hydrogens is 274 g/mol. The summed E-state index contributed by atoms with van der Waals surface area (Å²) in [7, 11) is 0. The number of benzene rings is 1. The van der Waals surface area contributed by atoms with E-state index in [1.165, 1.54) is 18.3 Å². The van der Waals surface area contributed by atoms with Crippen molar-refractivity contribution in [2.45, 2.75) is 12.8 Å². The summed E-state index contributed by atoms with van der Waals surface area (Å²) in [5, 5.41) is 14.1. The van der Waals surface area contributed by atoms with Crippen molar-refractivity contribution in [3.63, 3.8) is 0 Å². The van der Waals surface area contributed by atoms with Gasteiger partial charge in [-0.15, -0.1) is 0 Å². The second-order valence-electron chi connectivity index (χ2n) is 4.21. The van der Waals surface area contributed by atoms with Crippen molar-refractivity contribution in [2.24, 2.45) is 5.10 Å². The minimum Gasteiger partial charge on any atom is -0.400 e. The third-order valence-corrected chi connectivity index (χ3v) is 2.66. The number of carbonyl (C=O) groups excluding carboxylic acids is 1. The third-order valence-electron chi connectivity index (χ3n) is 2.66. The number of rotatable bonds is 6. The Bertz CT molecular complexity index is 649. The second-order valence-corrected chi connectivity index (χ2v) is 4.21. The Hall–Kier alpha value is -2.96. The molecule has 0 unspecified atom stereocenters. The van der Waals surface area contributed by atoms with E-state index in [2.05, 4.69) is 10.5 Å². The fraction of sp³-hybridized carbons (Fsp3) is 0.143. The van der Waals surface area contributed by atoms with Gasteiger partial charge in [0, 0.05) is 6.42 Å². The van der Waals surface area contributed by atoms with Gasteiger partial charge in [-0.1, -0.05) is 30.3 Å². The predicted molar refractivity (Wildman–Crippen MR) is 75.9 cm³/mol. The summed E-state index contributed by atoms with van der Waals surface area (Å²) >= 11 is 0. The molecule has 21 heavy (non-hydrogen) atoms. The first-order valence-corrected chi connectivity index (χ1v) is 6.25. The SMILES string of the molecule is O=C(CCc1ccccc1)NN=Cc1ccc([N+](=O)[O-])o1. The molecule has 0 saturated heterocycles. The van der Waals surface area contributed by atoms with Crippen molar-refractivity contribution in [3.05, 3.63) is 63.9 Å². The lowest BCUT2D eigenvalue weighted by Crippen LogP contribution is -2.17. The Morgan fingerprint density at radius 3 is 2.71 bits per heavy atom. The molecule has 0 saturated carbocycles. The highest BCUT2D eigenvalue weighted by molar-refractivity contribution is 5.80. The van der Waals surface area contributed by atoms with Crippen molar-refractivity contribution in [1.82, 2.24) is 5.43 Å². The normalized spacial score (nSPS) is 10.7. The first kappa shape index (κ1) is 14.4. The minimum atomic E-state index is -0.643. The van der Waals surface area contributed by atoms with E-state index in [0.717, 1.165) is 5.56 Å². The van der Waals surface area contributed by atoms with Crippen molar-refractivity contribution in [1.29, 1.82) is 0 Å². The Kier molecular flexibility index (Phi) is 4.81. The van der Waals surface area contributed by atoms with Gasteiger partial charge >= 0.3 is 5.88 Å². The number of nitrogens with zero attached hydrogens (tertiary/aromatic N) is 2. The molecule has 1 amide bonds. The van der Waals surface area contributed by atoms with Gasteiger partial charge in [0.1, 0.15) is 4.92 Å². The molecule has 0 radical (unpaired) electrons. The smallest absolute Gasteiger partial charge is 0.400 e. The molecule has 2 aromatic rings. The van der Waals surface area contributed by atoms with E-state index in [1.54, 1.807) is 0 Å². The summed E-state index contributed by atoms with van der Waals surface area (Å²) in [6.45, 7) is 0. The van der Waals surface area contributed by atoms with Gasteiger partial charge in [0.2, 0.25) is 5.91 Å². The molecule has 0 bridgehead atoms. The van der Waals surface area contributed by atoms with E-state index in [1.807, 2.05) is 30.3 Å². The summed E-state index contributed by atoms with van der Waals surface area (Å²) < 4.78 is 4.86. The first-order chi connectivity index (χ1) is 10.1. The van der Waals surface area contributed by atoms with Crippen LogP contribution < -0.4 is 5.43 Å². The van der Waals surface area contributed by atoms with Crippen LogP contribution in [0.3, 0.4) is 0 Å². The van der Waals surface area contributed by atoms with Crippen LogP contribution in [0.2, 0.25) is 0 Å². The fourth-order valence-electron chi connectivity index (χ4n) is 1.64. The van der Waals surface area contributed by atoms with Crippen molar-refractivity contribution in [3.8, 4) is 0 Å². The van der Waals surface area contributed by atoms with Gasteiger partial charge in [-0.25, -0.2) is 5.43 Å². The number of nitrogens with one attached hydrogen (secondary N) is 1. The number of amides is 1. The third kappa shape index (κ3) is 4.57. The zero-order chi connectivity index (χ0) is 15.1. The molecule has 0 fully saturated rings. The number of hydrazone groups is 1. The summed E-state index contributed by atoms with van der Waals surface area (Å²) in [4.78, 5) is 21.3. The quantitative estimate of drug-likeness (QED) is 0.500. The molecule has 2 rings (SSSR count). The lowest BCUT2D eigenvalue weighted by atomic mass is 10.1. The highest BCUT2D eigenvalue weighted by Crippen LogP contribution is 2.13. The molecule has 7 nitrogen and oxygen atoms in total. The molecule has 1 heterocycles. The van der Waals surface area contributed by atoms with Crippen LogP contribution in [-0.2, 0) is 11.2 Å². The van der Waals surface area contributed by atoms with Crippen molar-refractivity contribution >= 4 is 18.0 Å². The van der Waals surface area contributed by atoms with Crippen LogP contribution in [0.15, 0.2) is 52.0 Å². The summed E-state index contributed by atoms with van der Waals surface area (Å²) in [6, 6.07) is 12.2. The second kappa shape index (κ2) is 6.99. The Balaban J connectivity index is 1.77. The first-order valence-electron chi connectivity index (χ1n) is 6.25. The molecule has 0 aliphatic heterocycles. The lowest BCUT2D eigenvalue weighted by molar-refractivity contribution is -0.402. The van der Waals surface area contributed by atoms with Crippen LogP contribution in [0, 0.1) is 10.1 Å². The van der Waals surface area contributed by atoms with E-state index in [0.29, 0.717) is 12.8 Å². The van der Waals surface area contributed by atoms with Gasteiger partial charge in [-0.2, -0.15) is 5.10 Å². The van der Waals surface area contributed by atoms with Gasteiger partial charge in [-0.3, -0.25) is 14.9 Å². The maximum Gasteiger partial charge on any atom is 0.433 e. The van der Waals surface area contributed by atoms with E-state index < -0.39 is 4.92 Å². The molecule has 1 aromatic carbocycles. The van der Waals surface area contributed by atoms with Crippen LogP contribution in [0.5, 0.6) is 0 Å². The van der Waals surface area contributed by atoms with Crippen molar-refractivity contribution in [2.75, 3.05) is 0 Å². The monoisotopic (exact) mass is 287 g/mol. The average Bonchev–Trinajstić information content (AvgIpc) is 2.95. The number of furan rings is 1. The largest absolute Gasteiger partial charge is 0.433 e. The maximum atomic E-state index is 11.6. The van der Waals surface area contributed by atoms with Crippen molar-refractivity contribution < 1.29 is 14.1 Å². The van der Waals surface area contributed by atoms with Crippen LogP contribution in [0.25, 0.3) is 0 Å². The molecule has 1 aromatic heterocycles. The molecule has 1 N–H and O–H groups in total. The van der Waals surface area contributed by atoms with Gasteiger partial charge in [0.15, 0.2) is 5.76 Å². The van der Waals surface area contributed by atoms with E-state index in [4.69, 9.17) is 4.42 Å². The topological polar surface area (TPSA) is 97.7 Å². The van der Waals surface area contributed by atoms with E-state index >= 15 is 0 Å². The number of carbonyl (C=O) groups is 1. The van der Waals surface area contributed by atoms with Crippen LogP contribution in [0.1, 0.15) is 17.7 Å². The molecule has 108 valence electrons. The zero-order valence-corrected chi connectivity index (χ0v) is 11.1. The highest BCUT2D eigenvalue weighted by atomic mass is 16.6. The molecule has 0 aliphatic rings. The zero-order valence-electron chi connectivity index (χ0n) is 11.1. The minimum absolute atomic E-state index is 0.199. The molecule has 7 heteroatoms. The lowest BCUT2D eigenvalue weighted by Gasteiger charge is -2.00. The van der Waals surface area contributed by atoms with Gasteiger partial charge in [0.25, 0.3) is 0 Å². The highest BCUT2D eigenvalue weighted by Gasteiger charge is 2.10. The molecule has 0 atom stereocenters. The Morgan fingerprint density at radius 1 is 1.29 bits per heavy atom. The average molecular weight is 287 g/mol. The Labute approximate surface area is 120 Å². The summed E-state index contributed by atoms with van der Waals surface area (Å²) in [5.41, 5.74) is 3.41. The van der Waals surface area contributed by atoms with Gasteiger partial charge < -0.3 is 4.42 Å². The van der Waals surface area contributed by atoms with E-state index in [-0.39, 0.29) is 17.6 Å². The van der Waals surface area contributed by atoms with E-state index in [9.17, 15) is 14.9 Å². The summed E-state index contributed by atoms with van der Waals surface area (Å²) in [5.74, 6) is -0.409. The van der Waals surface area contributed by atoms with Crippen LogP contribution in [-0.4, -0.2) is 17.0 Å². The Morgan fingerprint density at radius 2 is 2.05 bits per heavy atom. The van der Waals surface area contributed by atoms with Crippen LogP contribution >= 0.6 is 0 Å². The van der Waals surface area contributed by atoms with Gasteiger partial charge in [-0.05, 0) is 18.1 Å². The van der Waals surface area contributed by atoms with Gasteiger partial charge in [0.05, 0.1) is 12.3 Å². The molecule has 0 aliphatic carbocycles.